The van der Waals surface area contributed by atoms with E-state index in [0.717, 1.165) is 31.4 Å². The summed E-state index contributed by atoms with van der Waals surface area (Å²) < 4.78 is 5.12. The molecule has 0 radical (unpaired) electrons. The number of nitriles is 1. The monoisotopic (exact) mass is 185 g/mol. The second-order valence-corrected chi connectivity index (χ2v) is 4.03. The zero-order chi connectivity index (χ0) is 9.54. The van der Waals surface area contributed by atoms with Crippen LogP contribution in [-0.2, 0) is 25.7 Å². The van der Waals surface area contributed by atoms with Crippen LogP contribution < -0.4 is 4.74 Å². The van der Waals surface area contributed by atoms with Crippen molar-refractivity contribution in [2.24, 2.45) is 0 Å². The van der Waals surface area contributed by atoms with Crippen LogP contribution in [0.15, 0.2) is 6.07 Å². The molecule has 0 heterocycles. The first-order valence-electron chi connectivity index (χ1n) is 5.12. The van der Waals surface area contributed by atoms with E-state index in [0.29, 0.717) is 0 Å². The number of hydrogen-bond acceptors (Lipinski definition) is 2. The maximum atomic E-state index is 8.62. The number of hydrogen-bond donors (Lipinski definition) is 0. The Morgan fingerprint density at radius 2 is 1.86 bits per heavy atom. The van der Waals surface area contributed by atoms with Crippen LogP contribution in [0.4, 0.5) is 0 Å². The van der Waals surface area contributed by atoms with Gasteiger partial charge in [0, 0.05) is 0 Å². The molecule has 70 valence electrons. The molecule has 1 aromatic rings. The molecule has 2 aliphatic carbocycles. The van der Waals surface area contributed by atoms with Crippen molar-refractivity contribution in [2.45, 2.75) is 32.1 Å². The minimum atomic E-state index is 0.892. The van der Waals surface area contributed by atoms with E-state index in [4.69, 9.17) is 10.00 Å². The van der Waals surface area contributed by atoms with Crippen molar-refractivity contribution in [3.8, 4) is 12.0 Å². The van der Waals surface area contributed by atoms with Gasteiger partial charge >= 0.3 is 0 Å². The summed E-state index contributed by atoms with van der Waals surface area (Å²) in [5, 5.41) is 8.62. The Kier molecular flexibility index (Phi) is 1.55. The maximum absolute atomic E-state index is 8.62. The molecule has 0 aromatic heterocycles. The summed E-state index contributed by atoms with van der Waals surface area (Å²) in [4.78, 5) is 0. The molecule has 0 saturated heterocycles. The number of nitrogens with zero attached hydrogens (tertiary/aromatic N) is 1. The Balaban J connectivity index is 2.20. The number of rotatable bonds is 1. The van der Waals surface area contributed by atoms with Crippen molar-refractivity contribution in [1.82, 2.24) is 0 Å². The van der Waals surface area contributed by atoms with Crippen LogP contribution in [0.5, 0.6) is 5.75 Å². The van der Waals surface area contributed by atoms with Gasteiger partial charge in [0.05, 0.1) is 0 Å². The number of ether oxygens (including phenoxy) is 1. The van der Waals surface area contributed by atoms with E-state index in [-0.39, 0.29) is 0 Å². The third-order valence-corrected chi connectivity index (χ3v) is 3.34. The standard InChI is InChI=1S/C12H11NO/c13-7-14-12-10-3-1-2-8(10)6-9-4-5-11(9)12/h6H,1-5H2. The molecular formula is C12H11NO. The third-order valence-electron chi connectivity index (χ3n) is 3.34. The number of benzene rings is 1. The summed E-state index contributed by atoms with van der Waals surface area (Å²) in [5.41, 5.74) is 5.39. The smallest absolute Gasteiger partial charge is 0.292 e. The Hall–Kier alpha value is -1.49. The van der Waals surface area contributed by atoms with Crippen LogP contribution in [-0.4, -0.2) is 0 Å². The fourth-order valence-corrected chi connectivity index (χ4v) is 2.56. The Morgan fingerprint density at radius 1 is 1.07 bits per heavy atom. The minimum Gasteiger partial charge on any atom is -0.387 e. The largest absolute Gasteiger partial charge is 0.387 e. The van der Waals surface area contributed by atoms with Gasteiger partial charge < -0.3 is 4.74 Å². The molecule has 0 atom stereocenters. The van der Waals surface area contributed by atoms with Gasteiger partial charge in [-0.25, -0.2) is 0 Å². The average Bonchev–Trinajstić information content (AvgIpc) is 2.58. The summed E-state index contributed by atoms with van der Waals surface area (Å²) in [5.74, 6) is 0.892. The molecule has 0 aliphatic heterocycles. The maximum Gasteiger partial charge on any atom is 0.292 e. The Labute approximate surface area is 83.1 Å². The molecule has 0 amide bonds. The van der Waals surface area contributed by atoms with Gasteiger partial charge in [0.2, 0.25) is 0 Å². The van der Waals surface area contributed by atoms with Crippen molar-refractivity contribution < 1.29 is 4.74 Å². The molecule has 0 N–H and O–H groups in total. The van der Waals surface area contributed by atoms with Gasteiger partial charge in [0.1, 0.15) is 5.75 Å². The van der Waals surface area contributed by atoms with Crippen LogP contribution in [0.25, 0.3) is 0 Å². The lowest BCUT2D eigenvalue weighted by molar-refractivity contribution is 0.487. The van der Waals surface area contributed by atoms with Gasteiger partial charge in [-0.2, -0.15) is 0 Å². The minimum absolute atomic E-state index is 0.892. The van der Waals surface area contributed by atoms with Gasteiger partial charge in [-0.15, -0.1) is 5.26 Å². The van der Waals surface area contributed by atoms with Crippen LogP contribution >= 0.6 is 0 Å². The molecule has 2 nitrogen and oxygen atoms in total. The second-order valence-electron chi connectivity index (χ2n) is 4.03. The first kappa shape index (κ1) is 7.87. The van der Waals surface area contributed by atoms with E-state index in [9.17, 15) is 0 Å². The highest BCUT2D eigenvalue weighted by Gasteiger charge is 2.26. The van der Waals surface area contributed by atoms with Crippen molar-refractivity contribution in [3.05, 3.63) is 28.3 Å². The summed E-state index contributed by atoms with van der Waals surface area (Å²) in [6, 6.07) is 2.31. The average molecular weight is 185 g/mol. The highest BCUT2D eigenvalue weighted by Crippen LogP contribution is 2.40. The highest BCUT2D eigenvalue weighted by atomic mass is 16.5. The van der Waals surface area contributed by atoms with E-state index in [2.05, 4.69) is 6.07 Å². The van der Waals surface area contributed by atoms with Crippen molar-refractivity contribution in [3.63, 3.8) is 0 Å². The Bertz CT molecular complexity index is 443. The molecule has 2 heteroatoms. The SMILES string of the molecule is N#COc1c2c(cc3c1CC3)CCC2. The molecule has 0 spiro atoms. The third kappa shape index (κ3) is 0.899. The zero-order valence-electron chi connectivity index (χ0n) is 7.97. The predicted molar refractivity (Wildman–Crippen MR) is 52.1 cm³/mol. The summed E-state index contributed by atoms with van der Waals surface area (Å²) in [6.07, 6.45) is 7.50. The van der Waals surface area contributed by atoms with E-state index >= 15 is 0 Å². The van der Waals surface area contributed by atoms with Crippen molar-refractivity contribution in [1.29, 1.82) is 5.26 Å². The molecule has 0 saturated carbocycles. The topological polar surface area (TPSA) is 33.0 Å². The number of aryl methyl sites for hydroxylation is 2. The Morgan fingerprint density at radius 3 is 2.57 bits per heavy atom. The van der Waals surface area contributed by atoms with Crippen LogP contribution in [0.2, 0.25) is 0 Å². The molecule has 3 rings (SSSR count). The molecule has 14 heavy (non-hydrogen) atoms. The highest BCUT2D eigenvalue weighted by molar-refractivity contribution is 5.56. The first-order valence-corrected chi connectivity index (χ1v) is 5.12. The van der Waals surface area contributed by atoms with E-state index in [1.54, 1.807) is 0 Å². The molecule has 2 aliphatic rings. The first-order chi connectivity index (χ1) is 6.90. The van der Waals surface area contributed by atoms with Crippen molar-refractivity contribution in [2.75, 3.05) is 0 Å². The number of fused-ring (bicyclic) bond motifs is 2. The van der Waals surface area contributed by atoms with Gasteiger partial charge in [-0.05, 0) is 54.4 Å². The van der Waals surface area contributed by atoms with Crippen LogP contribution in [0.1, 0.15) is 28.7 Å². The summed E-state index contributed by atoms with van der Waals surface area (Å²) in [7, 11) is 0. The fourth-order valence-electron chi connectivity index (χ4n) is 2.56. The van der Waals surface area contributed by atoms with Gasteiger partial charge in [-0.3, -0.25) is 0 Å². The van der Waals surface area contributed by atoms with Gasteiger partial charge in [0.25, 0.3) is 6.26 Å². The normalized spacial score (nSPS) is 16.5. The lowest BCUT2D eigenvalue weighted by Crippen LogP contribution is -2.12. The molecule has 0 bridgehead atoms. The van der Waals surface area contributed by atoms with Gasteiger partial charge in [0.15, 0.2) is 0 Å². The van der Waals surface area contributed by atoms with Crippen LogP contribution in [0, 0.1) is 11.5 Å². The molecular weight excluding hydrogens is 174 g/mol. The molecule has 0 fully saturated rings. The second kappa shape index (κ2) is 2.75. The molecule has 1 aromatic carbocycles. The summed E-state index contributed by atoms with van der Waals surface area (Å²) in [6.45, 7) is 0. The van der Waals surface area contributed by atoms with Crippen molar-refractivity contribution >= 4 is 0 Å². The van der Waals surface area contributed by atoms with Gasteiger partial charge in [-0.1, -0.05) is 6.07 Å². The zero-order valence-corrected chi connectivity index (χ0v) is 7.97. The van der Waals surface area contributed by atoms with Crippen LogP contribution in [0.3, 0.4) is 0 Å². The lowest BCUT2D eigenvalue weighted by atomic mass is 9.84. The summed E-state index contributed by atoms with van der Waals surface area (Å²) >= 11 is 0. The predicted octanol–water partition coefficient (Wildman–Crippen LogP) is 2.13. The quantitative estimate of drug-likeness (QED) is 0.628. The van der Waals surface area contributed by atoms with E-state index < -0.39 is 0 Å². The fraction of sp³-hybridized carbons (Fsp3) is 0.417. The van der Waals surface area contributed by atoms with E-state index in [1.807, 2.05) is 6.26 Å². The van der Waals surface area contributed by atoms with E-state index in [1.165, 1.54) is 28.7 Å². The lowest BCUT2D eigenvalue weighted by Gasteiger charge is -2.23. The molecule has 0 unspecified atom stereocenters.